The van der Waals surface area contributed by atoms with Crippen LogP contribution in [0.15, 0.2) is 107 Å². The van der Waals surface area contributed by atoms with Crippen molar-refractivity contribution in [2.24, 2.45) is 11.8 Å². The molecule has 0 fully saturated rings. The summed E-state index contributed by atoms with van der Waals surface area (Å²) in [4.78, 5) is 105. The van der Waals surface area contributed by atoms with Crippen LogP contribution in [-0.2, 0) is 30.8 Å². The molecule has 15 heteroatoms. The van der Waals surface area contributed by atoms with Gasteiger partial charge in [-0.25, -0.2) is 18.0 Å². The molecule has 0 aromatic heterocycles. The van der Waals surface area contributed by atoms with Crippen LogP contribution in [0, 0.1) is 11.8 Å². The molecule has 4 aromatic carbocycles. The second-order valence-corrected chi connectivity index (χ2v) is 15.0. The molecule has 0 saturated heterocycles. The highest BCUT2D eigenvalue weighted by atomic mass is 32.2. The number of ketones is 6. The van der Waals surface area contributed by atoms with Gasteiger partial charge >= 0.3 is 12.2 Å². The first kappa shape index (κ1) is 39.1. The Bertz CT molecular complexity index is 2410. The van der Waals surface area contributed by atoms with E-state index in [1.54, 1.807) is 62.4 Å². The monoisotopic (exact) mass is 778 g/mol. The molecule has 0 aliphatic heterocycles. The minimum absolute atomic E-state index is 0.0126. The Labute approximate surface area is 320 Å². The number of hydrogen-bond acceptors (Lipinski definition) is 12. The van der Waals surface area contributed by atoms with Crippen LogP contribution >= 0.6 is 0 Å². The van der Waals surface area contributed by atoms with Crippen molar-refractivity contribution in [2.45, 2.75) is 55.2 Å². The first-order valence-corrected chi connectivity index (χ1v) is 19.0. The normalized spacial score (nSPS) is 17.0. The van der Waals surface area contributed by atoms with Gasteiger partial charge in [0, 0.05) is 22.3 Å². The lowest BCUT2D eigenvalue weighted by atomic mass is 9.92. The van der Waals surface area contributed by atoms with E-state index in [1.807, 2.05) is 0 Å². The molecular formula is C41H34N2O12S. The maximum atomic E-state index is 13.9. The van der Waals surface area contributed by atoms with Crippen LogP contribution in [0.5, 0.6) is 5.75 Å². The first-order valence-electron chi connectivity index (χ1n) is 17.5. The van der Waals surface area contributed by atoms with Crippen LogP contribution in [0.25, 0.3) is 0 Å². The Balaban J connectivity index is 1.17. The van der Waals surface area contributed by atoms with Gasteiger partial charge in [-0.15, -0.1) is 0 Å². The zero-order chi connectivity index (χ0) is 40.3. The van der Waals surface area contributed by atoms with E-state index in [4.69, 9.17) is 9.47 Å². The van der Waals surface area contributed by atoms with E-state index in [1.165, 1.54) is 12.1 Å². The maximum absolute atomic E-state index is 13.9. The van der Waals surface area contributed by atoms with E-state index in [0.29, 0.717) is 5.56 Å². The molecule has 2 N–H and O–H groups in total. The van der Waals surface area contributed by atoms with E-state index in [9.17, 15) is 46.8 Å². The Morgan fingerprint density at radius 3 is 1.48 bits per heavy atom. The van der Waals surface area contributed by atoms with Crippen molar-refractivity contribution < 1.29 is 56.2 Å². The fourth-order valence-electron chi connectivity index (χ4n) is 6.56. The van der Waals surface area contributed by atoms with E-state index in [0.717, 1.165) is 36.4 Å². The Morgan fingerprint density at radius 2 is 1.02 bits per heavy atom. The van der Waals surface area contributed by atoms with Crippen LogP contribution in [0.4, 0.5) is 9.59 Å². The highest BCUT2D eigenvalue weighted by Crippen LogP contribution is 2.35. The quantitative estimate of drug-likeness (QED) is 0.173. The number of benzene rings is 4. The average Bonchev–Trinajstić information content (AvgIpc) is 3.61. The van der Waals surface area contributed by atoms with Crippen LogP contribution in [-0.4, -0.2) is 67.4 Å². The molecule has 2 aliphatic carbocycles. The fourth-order valence-corrected chi connectivity index (χ4v) is 7.87. The van der Waals surface area contributed by atoms with Crippen LogP contribution in [0.1, 0.15) is 73.7 Å². The molecule has 2 aliphatic rings. The molecular weight excluding hydrogens is 745 g/mol. The third kappa shape index (κ3) is 7.53. The number of sulfone groups is 1. The number of alkyl carbamates (subject to hydrolysis) is 1. The van der Waals surface area contributed by atoms with Gasteiger partial charge in [-0.2, -0.15) is 0 Å². The standard InChI is InChI=1S/C41H34N2O12S/c1-3-30(42-40(50)54-21-22-11-7-5-8-12-22)38(48)32-34(44)26-17-15-24(19-28(26)36(32)46)56(52,53)25-16-18-27-29(20-25)37(47)33(35(27)45)39(49)31(4-2)43-41(51)55-23-13-9-6-10-14-23/h5-20,30-33H,3-4,21H2,1-2H3,(H,42,50)(H,43,51)/t30-,31-,32?,33?/m0/s1. The number of amides is 2. The van der Waals surface area contributed by atoms with Gasteiger partial charge < -0.3 is 20.1 Å². The smallest absolute Gasteiger partial charge is 0.413 e. The summed E-state index contributed by atoms with van der Waals surface area (Å²) in [6, 6.07) is 20.5. The van der Waals surface area contributed by atoms with Crippen LogP contribution in [0.2, 0.25) is 0 Å². The highest BCUT2D eigenvalue weighted by Gasteiger charge is 2.48. The molecule has 14 nitrogen and oxygen atoms in total. The summed E-state index contributed by atoms with van der Waals surface area (Å²) >= 11 is 0. The van der Waals surface area contributed by atoms with E-state index in [2.05, 4.69) is 10.6 Å². The average molecular weight is 779 g/mol. The molecule has 0 radical (unpaired) electrons. The summed E-state index contributed by atoms with van der Waals surface area (Å²) in [5.74, 6) is -8.89. The third-order valence-electron chi connectivity index (χ3n) is 9.54. The molecule has 286 valence electrons. The second kappa shape index (κ2) is 16.0. The van der Waals surface area contributed by atoms with Crippen LogP contribution < -0.4 is 15.4 Å². The van der Waals surface area contributed by atoms with E-state index in [-0.39, 0.29) is 47.5 Å². The summed E-state index contributed by atoms with van der Waals surface area (Å²) in [6.07, 6.45) is -1.88. The number of hydrogen-bond donors (Lipinski definition) is 2. The van der Waals surface area contributed by atoms with Crippen molar-refractivity contribution in [1.82, 2.24) is 10.6 Å². The SMILES string of the molecule is CC[C@H](NC(=O)OCc1ccccc1)C(=O)C1C(=O)c2ccc(S(=O)(=O)c3ccc4c(c3)C(=O)C(C(=O)[C@H](CC)NC(=O)Oc3ccccc3)C4=O)cc2C1=O. The number of para-hydroxylation sites is 1. The molecule has 4 aromatic rings. The van der Waals surface area contributed by atoms with Gasteiger partial charge in [0.25, 0.3) is 0 Å². The van der Waals surface area contributed by atoms with Gasteiger partial charge in [-0.3, -0.25) is 28.8 Å². The Morgan fingerprint density at radius 1 is 0.589 bits per heavy atom. The molecule has 0 spiro atoms. The number of nitrogens with one attached hydrogen (secondary N) is 2. The lowest BCUT2D eigenvalue weighted by Gasteiger charge is -2.18. The molecule has 6 rings (SSSR count). The minimum Gasteiger partial charge on any atom is -0.445 e. The number of carbonyl (C=O) groups is 8. The van der Waals surface area contributed by atoms with Crippen molar-refractivity contribution in [3.63, 3.8) is 0 Å². The number of rotatable bonds is 13. The van der Waals surface area contributed by atoms with Gasteiger partial charge in [0.1, 0.15) is 24.2 Å². The molecule has 0 saturated carbocycles. The number of fused-ring (bicyclic) bond motifs is 2. The second-order valence-electron chi connectivity index (χ2n) is 13.0. The summed E-state index contributed by atoms with van der Waals surface area (Å²) in [5, 5.41) is 4.77. The van der Waals surface area contributed by atoms with Crippen molar-refractivity contribution in [3.05, 3.63) is 125 Å². The molecule has 2 unspecified atom stereocenters. The number of carbonyl (C=O) groups excluding carboxylic acids is 8. The third-order valence-corrected chi connectivity index (χ3v) is 11.3. The summed E-state index contributed by atoms with van der Waals surface area (Å²) in [5.41, 5.74) is -0.320. The lowest BCUT2D eigenvalue weighted by Crippen LogP contribution is -2.46. The minimum atomic E-state index is -4.52. The number of ether oxygens (including phenoxy) is 2. The van der Waals surface area contributed by atoms with Crippen molar-refractivity contribution in [2.75, 3.05) is 0 Å². The summed E-state index contributed by atoms with van der Waals surface area (Å²) in [7, 11) is -4.52. The zero-order valence-corrected chi connectivity index (χ0v) is 30.8. The maximum Gasteiger partial charge on any atom is 0.413 e. The predicted octanol–water partition coefficient (Wildman–Crippen LogP) is 4.92. The van der Waals surface area contributed by atoms with Crippen molar-refractivity contribution >= 4 is 56.7 Å². The first-order chi connectivity index (χ1) is 26.8. The summed E-state index contributed by atoms with van der Waals surface area (Å²) in [6.45, 7) is 3.04. The van der Waals surface area contributed by atoms with Gasteiger partial charge in [0.15, 0.2) is 34.7 Å². The van der Waals surface area contributed by atoms with Crippen molar-refractivity contribution in [1.29, 1.82) is 0 Å². The Hall–Kier alpha value is -6.61. The molecule has 4 atom stereocenters. The van der Waals surface area contributed by atoms with Crippen molar-refractivity contribution in [3.8, 4) is 5.75 Å². The highest BCUT2D eigenvalue weighted by molar-refractivity contribution is 7.91. The van der Waals surface area contributed by atoms with E-state index < -0.39 is 90.4 Å². The largest absolute Gasteiger partial charge is 0.445 e. The topological polar surface area (TPSA) is 213 Å². The van der Waals surface area contributed by atoms with Gasteiger partial charge in [-0.05, 0) is 66.9 Å². The molecule has 0 bridgehead atoms. The zero-order valence-electron chi connectivity index (χ0n) is 30.0. The fraction of sp³-hybridized carbons (Fsp3) is 0.220. The number of Topliss-reactive ketones (excluding diaryl/α,β-unsaturated/α-hetero) is 6. The van der Waals surface area contributed by atoms with Crippen LogP contribution in [0.3, 0.4) is 0 Å². The summed E-state index contributed by atoms with van der Waals surface area (Å²) < 4.78 is 38.1. The lowest BCUT2D eigenvalue weighted by molar-refractivity contribution is -0.123. The van der Waals surface area contributed by atoms with E-state index >= 15 is 0 Å². The van der Waals surface area contributed by atoms with Gasteiger partial charge in [0.2, 0.25) is 9.84 Å². The van der Waals surface area contributed by atoms with Gasteiger partial charge in [-0.1, -0.05) is 62.4 Å². The molecule has 2 amide bonds. The molecule has 0 heterocycles. The Kier molecular flexibility index (Phi) is 11.2. The predicted molar refractivity (Wildman–Crippen MR) is 196 cm³/mol. The van der Waals surface area contributed by atoms with Gasteiger partial charge in [0.05, 0.1) is 21.9 Å². The molecule has 56 heavy (non-hydrogen) atoms.